The first kappa shape index (κ1) is 17.8. The largest absolute Gasteiger partial charge is 0.345 e. The second-order valence-electron chi connectivity index (χ2n) is 5.78. The van der Waals surface area contributed by atoms with Crippen molar-refractivity contribution in [3.8, 4) is 0 Å². The molecule has 0 spiro atoms. The highest BCUT2D eigenvalue weighted by molar-refractivity contribution is 7.98. The molecule has 0 atom stereocenters. The van der Waals surface area contributed by atoms with E-state index in [-0.39, 0.29) is 6.04 Å². The fraction of sp³-hybridized carbons (Fsp3) is 0.529. The predicted molar refractivity (Wildman–Crippen MR) is 94.7 cm³/mol. The summed E-state index contributed by atoms with van der Waals surface area (Å²) in [5, 5.41) is 5.51. The molecule has 1 aromatic carbocycles. The SMILES string of the molecule is CCCN1CCC(NC(=O)C(=O)Nc2cccc(SC)c2)CC1. The Kier molecular flexibility index (Phi) is 6.92. The van der Waals surface area contributed by atoms with E-state index in [1.165, 1.54) is 0 Å². The standard InChI is InChI=1S/C17H25N3O2S/c1-3-9-20-10-7-13(8-11-20)18-16(21)17(22)19-14-5-4-6-15(12-14)23-2/h4-6,12-13H,3,7-11H2,1-2H3,(H,18,21)(H,19,22). The van der Waals surface area contributed by atoms with Crippen LogP contribution in [-0.2, 0) is 9.59 Å². The van der Waals surface area contributed by atoms with Crippen molar-refractivity contribution < 1.29 is 9.59 Å². The van der Waals surface area contributed by atoms with Crippen LogP contribution in [0.3, 0.4) is 0 Å². The Morgan fingerprint density at radius 1 is 1.26 bits per heavy atom. The molecule has 126 valence electrons. The van der Waals surface area contributed by atoms with E-state index in [1.54, 1.807) is 17.8 Å². The number of rotatable bonds is 5. The van der Waals surface area contributed by atoms with Crippen LogP contribution >= 0.6 is 11.8 Å². The van der Waals surface area contributed by atoms with Crippen LogP contribution in [0.1, 0.15) is 26.2 Å². The summed E-state index contributed by atoms with van der Waals surface area (Å²) >= 11 is 1.59. The van der Waals surface area contributed by atoms with E-state index in [0.717, 1.165) is 43.8 Å². The Labute approximate surface area is 142 Å². The number of anilines is 1. The molecule has 5 nitrogen and oxygen atoms in total. The van der Waals surface area contributed by atoms with E-state index in [9.17, 15) is 9.59 Å². The zero-order valence-electron chi connectivity index (χ0n) is 13.8. The van der Waals surface area contributed by atoms with Gasteiger partial charge >= 0.3 is 11.8 Å². The molecule has 0 saturated carbocycles. The lowest BCUT2D eigenvalue weighted by Gasteiger charge is -2.31. The van der Waals surface area contributed by atoms with Crippen LogP contribution in [0.5, 0.6) is 0 Å². The first-order chi connectivity index (χ1) is 11.1. The number of amides is 2. The van der Waals surface area contributed by atoms with Gasteiger partial charge in [-0.1, -0.05) is 13.0 Å². The minimum absolute atomic E-state index is 0.0962. The summed E-state index contributed by atoms with van der Waals surface area (Å²) in [6.45, 7) is 5.24. The lowest BCUT2D eigenvalue weighted by Crippen LogP contribution is -2.47. The first-order valence-electron chi connectivity index (χ1n) is 8.10. The van der Waals surface area contributed by atoms with Gasteiger partial charge in [-0.25, -0.2) is 0 Å². The molecule has 1 fully saturated rings. The van der Waals surface area contributed by atoms with Gasteiger partial charge in [0.1, 0.15) is 0 Å². The van der Waals surface area contributed by atoms with Crippen molar-refractivity contribution in [2.75, 3.05) is 31.2 Å². The van der Waals surface area contributed by atoms with Crippen LogP contribution in [0.2, 0.25) is 0 Å². The number of thioether (sulfide) groups is 1. The molecule has 23 heavy (non-hydrogen) atoms. The predicted octanol–water partition coefficient (Wildman–Crippen LogP) is 2.34. The lowest BCUT2D eigenvalue weighted by molar-refractivity contribution is -0.136. The number of nitrogens with one attached hydrogen (secondary N) is 2. The first-order valence-corrected chi connectivity index (χ1v) is 9.33. The van der Waals surface area contributed by atoms with Crippen molar-refractivity contribution >= 4 is 29.3 Å². The normalized spacial score (nSPS) is 16.1. The summed E-state index contributed by atoms with van der Waals surface area (Å²) < 4.78 is 0. The second kappa shape index (κ2) is 8.93. The molecule has 1 aliphatic rings. The maximum Gasteiger partial charge on any atom is 0.313 e. The monoisotopic (exact) mass is 335 g/mol. The molecule has 0 bridgehead atoms. The smallest absolute Gasteiger partial charge is 0.313 e. The number of benzene rings is 1. The fourth-order valence-electron chi connectivity index (χ4n) is 2.76. The summed E-state index contributed by atoms with van der Waals surface area (Å²) in [6, 6.07) is 7.57. The van der Waals surface area contributed by atoms with E-state index in [0.29, 0.717) is 5.69 Å². The Hall–Kier alpha value is -1.53. The number of carbonyl (C=O) groups excluding carboxylic acids is 2. The van der Waals surface area contributed by atoms with Gasteiger partial charge in [0.2, 0.25) is 0 Å². The van der Waals surface area contributed by atoms with E-state index in [1.807, 2.05) is 24.5 Å². The fourth-order valence-corrected chi connectivity index (χ4v) is 3.22. The Morgan fingerprint density at radius 2 is 2.00 bits per heavy atom. The summed E-state index contributed by atoms with van der Waals surface area (Å²) in [7, 11) is 0. The zero-order chi connectivity index (χ0) is 16.7. The quantitative estimate of drug-likeness (QED) is 0.640. The van der Waals surface area contributed by atoms with Gasteiger partial charge in [0.15, 0.2) is 0 Å². The topological polar surface area (TPSA) is 61.4 Å². The minimum Gasteiger partial charge on any atom is -0.345 e. The molecular formula is C17H25N3O2S. The third kappa shape index (κ3) is 5.55. The maximum absolute atomic E-state index is 12.0. The number of piperidine rings is 1. The molecule has 0 radical (unpaired) electrons. The molecule has 0 aliphatic carbocycles. The van der Waals surface area contributed by atoms with E-state index in [4.69, 9.17) is 0 Å². The van der Waals surface area contributed by atoms with E-state index < -0.39 is 11.8 Å². The van der Waals surface area contributed by atoms with Crippen molar-refractivity contribution in [1.29, 1.82) is 0 Å². The van der Waals surface area contributed by atoms with Gasteiger partial charge in [0.25, 0.3) is 0 Å². The van der Waals surface area contributed by atoms with Gasteiger partial charge in [0.05, 0.1) is 0 Å². The summed E-state index contributed by atoms with van der Waals surface area (Å²) in [5.74, 6) is -1.15. The number of carbonyl (C=O) groups is 2. The number of hydrogen-bond donors (Lipinski definition) is 2. The van der Waals surface area contributed by atoms with Crippen molar-refractivity contribution in [3.05, 3.63) is 24.3 Å². The van der Waals surface area contributed by atoms with Gasteiger partial charge in [-0.3, -0.25) is 9.59 Å². The third-order valence-electron chi connectivity index (χ3n) is 4.00. The molecule has 2 rings (SSSR count). The highest BCUT2D eigenvalue weighted by atomic mass is 32.2. The molecule has 1 aliphatic heterocycles. The van der Waals surface area contributed by atoms with Crippen molar-refractivity contribution in [2.45, 2.75) is 37.1 Å². The van der Waals surface area contributed by atoms with E-state index >= 15 is 0 Å². The highest BCUT2D eigenvalue weighted by Crippen LogP contribution is 2.19. The second-order valence-corrected chi connectivity index (χ2v) is 6.66. The number of hydrogen-bond acceptors (Lipinski definition) is 4. The molecule has 1 heterocycles. The van der Waals surface area contributed by atoms with Gasteiger partial charge in [-0.05, 0) is 50.3 Å². The summed E-state index contributed by atoms with van der Waals surface area (Å²) in [5.41, 5.74) is 0.648. The zero-order valence-corrected chi connectivity index (χ0v) is 14.6. The number of likely N-dealkylation sites (tertiary alicyclic amines) is 1. The molecule has 2 N–H and O–H groups in total. The number of nitrogens with zero attached hydrogens (tertiary/aromatic N) is 1. The van der Waals surface area contributed by atoms with Gasteiger partial charge < -0.3 is 15.5 Å². The van der Waals surface area contributed by atoms with Crippen molar-refractivity contribution in [1.82, 2.24) is 10.2 Å². The Bertz CT molecular complexity index is 542. The highest BCUT2D eigenvalue weighted by Gasteiger charge is 2.23. The van der Waals surface area contributed by atoms with Gasteiger partial charge in [0, 0.05) is 29.7 Å². The maximum atomic E-state index is 12.0. The average molecular weight is 335 g/mol. The third-order valence-corrected chi connectivity index (χ3v) is 4.72. The molecule has 0 aromatic heterocycles. The van der Waals surface area contributed by atoms with Gasteiger partial charge in [-0.15, -0.1) is 11.8 Å². The Morgan fingerprint density at radius 3 is 2.65 bits per heavy atom. The molecular weight excluding hydrogens is 310 g/mol. The van der Waals surface area contributed by atoms with Crippen LogP contribution in [0.4, 0.5) is 5.69 Å². The molecule has 0 unspecified atom stereocenters. The van der Waals surface area contributed by atoms with Crippen LogP contribution in [0.15, 0.2) is 29.2 Å². The molecule has 2 amide bonds. The average Bonchev–Trinajstić information content (AvgIpc) is 2.57. The molecule has 1 aromatic rings. The van der Waals surface area contributed by atoms with Crippen molar-refractivity contribution in [3.63, 3.8) is 0 Å². The van der Waals surface area contributed by atoms with Crippen LogP contribution < -0.4 is 10.6 Å². The van der Waals surface area contributed by atoms with Crippen LogP contribution in [0, 0.1) is 0 Å². The summed E-state index contributed by atoms with van der Waals surface area (Å²) in [6.07, 6.45) is 4.93. The molecule has 6 heteroatoms. The Balaban J connectivity index is 1.80. The van der Waals surface area contributed by atoms with Crippen molar-refractivity contribution in [2.24, 2.45) is 0 Å². The minimum atomic E-state index is -0.598. The van der Waals surface area contributed by atoms with Crippen LogP contribution in [-0.4, -0.2) is 48.6 Å². The van der Waals surface area contributed by atoms with Crippen LogP contribution in [0.25, 0.3) is 0 Å². The lowest BCUT2D eigenvalue weighted by atomic mass is 10.0. The van der Waals surface area contributed by atoms with E-state index in [2.05, 4.69) is 22.5 Å². The molecule has 1 saturated heterocycles. The summed E-state index contributed by atoms with van der Waals surface area (Å²) in [4.78, 5) is 27.5. The van der Waals surface area contributed by atoms with Gasteiger partial charge in [-0.2, -0.15) is 0 Å².